The van der Waals surface area contributed by atoms with Crippen LogP contribution < -0.4 is 15.8 Å². The van der Waals surface area contributed by atoms with Gasteiger partial charge in [0.1, 0.15) is 5.56 Å². The number of benzene rings is 1. The number of nitrogens with one attached hydrogen (secondary N) is 1. The van der Waals surface area contributed by atoms with Gasteiger partial charge < -0.3 is 10.2 Å². The van der Waals surface area contributed by atoms with Crippen LogP contribution in [0.4, 0.5) is 5.13 Å². The number of fused-ring (bicyclic) bond motifs is 1. The normalized spacial score (nSPS) is 11.0. The van der Waals surface area contributed by atoms with Crippen LogP contribution in [-0.2, 0) is 6.54 Å². The van der Waals surface area contributed by atoms with E-state index in [1.54, 1.807) is 12.1 Å². The molecule has 2 aromatic heterocycles. The molecule has 1 amide bonds. The lowest BCUT2D eigenvalue weighted by Gasteiger charge is -2.19. The van der Waals surface area contributed by atoms with Gasteiger partial charge >= 0.3 is 0 Å². The van der Waals surface area contributed by atoms with E-state index in [0.717, 1.165) is 36.6 Å². The molecular weight excluding hydrogens is 398 g/mol. The Hall–Kier alpha value is -2.45. The molecule has 0 aliphatic rings. The minimum absolute atomic E-state index is 0.0270. The van der Waals surface area contributed by atoms with E-state index in [1.807, 2.05) is 12.1 Å². The third-order valence-electron chi connectivity index (χ3n) is 4.14. The molecule has 0 radical (unpaired) electrons. The van der Waals surface area contributed by atoms with Crippen molar-refractivity contribution in [1.82, 2.24) is 19.9 Å². The monoisotopic (exact) mass is 419 g/mol. The van der Waals surface area contributed by atoms with Gasteiger partial charge in [-0.15, -0.1) is 5.10 Å². The minimum Gasteiger partial charge on any atom is -0.348 e. The predicted molar refractivity (Wildman–Crippen MR) is 113 cm³/mol. The van der Waals surface area contributed by atoms with Crippen LogP contribution >= 0.6 is 22.9 Å². The SMILES string of the molecule is CCCN(CCC)c1nn2c(=O)c(C(=O)NCc3ccc(Cl)cc3)cnc2s1. The number of hydrogen-bond donors (Lipinski definition) is 1. The van der Waals surface area contributed by atoms with Crippen LogP contribution in [-0.4, -0.2) is 33.6 Å². The van der Waals surface area contributed by atoms with E-state index in [1.165, 1.54) is 22.0 Å². The van der Waals surface area contributed by atoms with Crippen LogP contribution in [0.3, 0.4) is 0 Å². The summed E-state index contributed by atoms with van der Waals surface area (Å²) in [5, 5.41) is 8.52. The maximum absolute atomic E-state index is 12.7. The predicted octanol–water partition coefficient (Wildman–Crippen LogP) is 3.36. The Morgan fingerprint density at radius 2 is 1.89 bits per heavy atom. The number of rotatable bonds is 8. The van der Waals surface area contributed by atoms with Crippen molar-refractivity contribution in [2.45, 2.75) is 33.2 Å². The summed E-state index contributed by atoms with van der Waals surface area (Å²) >= 11 is 7.21. The zero-order chi connectivity index (χ0) is 20.1. The molecule has 0 saturated carbocycles. The van der Waals surface area contributed by atoms with E-state index in [4.69, 9.17) is 11.6 Å². The fraction of sp³-hybridized carbons (Fsp3) is 0.368. The van der Waals surface area contributed by atoms with E-state index in [9.17, 15) is 9.59 Å². The van der Waals surface area contributed by atoms with Gasteiger partial charge in [-0.2, -0.15) is 4.52 Å². The lowest BCUT2D eigenvalue weighted by molar-refractivity contribution is 0.0948. The largest absolute Gasteiger partial charge is 0.348 e. The number of aromatic nitrogens is 3. The van der Waals surface area contributed by atoms with Crippen LogP contribution in [0.25, 0.3) is 4.96 Å². The Morgan fingerprint density at radius 3 is 2.54 bits per heavy atom. The molecule has 0 bridgehead atoms. The van der Waals surface area contributed by atoms with Gasteiger partial charge in [0, 0.05) is 30.9 Å². The van der Waals surface area contributed by atoms with Crippen molar-refractivity contribution >= 4 is 38.9 Å². The van der Waals surface area contributed by atoms with E-state index < -0.39 is 11.5 Å². The minimum atomic E-state index is -0.477. The number of nitrogens with zero attached hydrogens (tertiary/aromatic N) is 4. The second-order valence-corrected chi connectivity index (χ2v) is 7.72. The van der Waals surface area contributed by atoms with Gasteiger partial charge in [-0.1, -0.05) is 48.9 Å². The van der Waals surface area contributed by atoms with Crippen molar-refractivity contribution in [3.63, 3.8) is 0 Å². The van der Waals surface area contributed by atoms with Gasteiger partial charge in [0.05, 0.1) is 0 Å². The molecule has 0 saturated heterocycles. The molecule has 0 spiro atoms. The first kappa shape index (κ1) is 20.3. The fourth-order valence-electron chi connectivity index (χ4n) is 2.78. The van der Waals surface area contributed by atoms with Crippen molar-refractivity contribution in [3.05, 3.63) is 57.0 Å². The number of amides is 1. The summed E-state index contributed by atoms with van der Waals surface area (Å²) in [7, 11) is 0. The molecular formula is C19H22ClN5O2S. The molecule has 148 valence electrons. The lowest BCUT2D eigenvalue weighted by Crippen LogP contribution is -2.31. The van der Waals surface area contributed by atoms with Crippen molar-refractivity contribution in [1.29, 1.82) is 0 Å². The Labute approximate surface area is 172 Å². The Balaban J connectivity index is 1.81. The summed E-state index contributed by atoms with van der Waals surface area (Å²) in [6.07, 6.45) is 3.29. The molecule has 0 atom stereocenters. The van der Waals surface area contributed by atoms with Gasteiger partial charge in [-0.05, 0) is 30.5 Å². The molecule has 0 aliphatic heterocycles. The maximum Gasteiger partial charge on any atom is 0.288 e. The maximum atomic E-state index is 12.7. The van der Waals surface area contributed by atoms with Crippen molar-refractivity contribution in [3.8, 4) is 0 Å². The van der Waals surface area contributed by atoms with Gasteiger partial charge in [0.2, 0.25) is 10.1 Å². The van der Waals surface area contributed by atoms with Crippen molar-refractivity contribution in [2.75, 3.05) is 18.0 Å². The zero-order valence-electron chi connectivity index (χ0n) is 15.8. The average Bonchev–Trinajstić information content (AvgIpc) is 3.12. The average molecular weight is 420 g/mol. The molecule has 7 nitrogen and oxygen atoms in total. The van der Waals surface area contributed by atoms with Crippen molar-refractivity contribution < 1.29 is 4.79 Å². The van der Waals surface area contributed by atoms with Gasteiger partial charge in [0.15, 0.2) is 0 Å². The quantitative estimate of drug-likeness (QED) is 0.605. The lowest BCUT2D eigenvalue weighted by atomic mass is 10.2. The first-order valence-electron chi connectivity index (χ1n) is 9.20. The Morgan fingerprint density at radius 1 is 1.21 bits per heavy atom. The van der Waals surface area contributed by atoms with Crippen LogP contribution in [0.5, 0.6) is 0 Å². The first-order chi connectivity index (χ1) is 13.5. The van der Waals surface area contributed by atoms with Crippen LogP contribution in [0.2, 0.25) is 5.02 Å². The van der Waals surface area contributed by atoms with E-state index in [2.05, 4.69) is 34.1 Å². The van der Waals surface area contributed by atoms with E-state index in [0.29, 0.717) is 16.5 Å². The highest BCUT2D eigenvalue weighted by Crippen LogP contribution is 2.21. The van der Waals surface area contributed by atoms with Crippen LogP contribution in [0.1, 0.15) is 42.6 Å². The molecule has 0 unspecified atom stereocenters. The second kappa shape index (κ2) is 9.16. The van der Waals surface area contributed by atoms with E-state index >= 15 is 0 Å². The number of carbonyl (C=O) groups excluding carboxylic acids is 1. The highest BCUT2D eigenvalue weighted by molar-refractivity contribution is 7.20. The fourth-order valence-corrected chi connectivity index (χ4v) is 3.82. The third-order valence-corrected chi connectivity index (χ3v) is 5.38. The molecule has 9 heteroatoms. The highest BCUT2D eigenvalue weighted by atomic mass is 35.5. The molecule has 1 aromatic carbocycles. The third kappa shape index (κ3) is 4.51. The summed E-state index contributed by atoms with van der Waals surface area (Å²) in [6.45, 7) is 6.21. The second-order valence-electron chi connectivity index (χ2n) is 6.35. The Kier molecular flexibility index (Phi) is 6.64. The van der Waals surface area contributed by atoms with Gasteiger partial charge in [-0.3, -0.25) is 9.59 Å². The van der Waals surface area contributed by atoms with E-state index in [-0.39, 0.29) is 5.56 Å². The summed E-state index contributed by atoms with van der Waals surface area (Å²) in [4.78, 5) is 32.1. The molecule has 3 aromatic rings. The molecule has 1 N–H and O–H groups in total. The summed E-state index contributed by atoms with van der Waals surface area (Å²) < 4.78 is 1.22. The van der Waals surface area contributed by atoms with Crippen molar-refractivity contribution in [2.24, 2.45) is 0 Å². The number of anilines is 1. The van der Waals surface area contributed by atoms with Gasteiger partial charge in [0.25, 0.3) is 11.5 Å². The number of halogens is 1. The molecule has 0 fully saturated rings. The summed E-state index contributed by atoms with van der Waals surface area (Å²) in [6, 6.07) is 7.14. The smallest absolute Gasteiger partial charge is 0.288 e. The number of carbonyl (C=O) groups is 1. The number of hydrogen-bond acceptors (Lipinski definition) is 6. The van der Waals surface area contributed by atoms with Gasteiger partial charge in [-0.25, -0.2) is 4.98 Å². The topological polar surface area (TPSA) is 79.6 Å². The zero-order valence-corrected chi connectivity index (χ0v) is 17.4. The summed E-state index contributed by atoms with van der Waals surface area (Å²) in [5.74, 6) is -0.477. The molecule has 3 rings (SSSR count). The van der Waals surface area contributed by atoms with Crippen LogP contribution in [0, 0.1) is 0 Å². The highest BCUT2D eigenvalue weighted by Gasteiger charge is 2.18. The first-order valence-corrected chi connectivity index (χ1v) is 10.4. The summed E-state index contributed by atoms with van der Waals surface area (Å²) in [5.41, 5.74) is 0.396. The van der Waals surface area contributed by atoms with Crippen LogP contribution in [0.15, 0.2) is 35.3 Å². The molecule has 0 aliphatic carbocycles. The molecule has 28 heavy (non-hydrogen) atoms. The Bertz CT molecular complexity index is 1010. The molecule has 2 heterocycles. The standard InChI is InChI=1S/C19H22ClN5O2S/c1-3-9-24(10-4-2)19-23-25-17(27)15(12-22-18(25)28-19)16(26)21-11-13-5-7-14(20)8-6-13/h5-8,12H,3-4,9-11H2,1-2H3,(H,21,26).